The third-order valence-corrected chi connectivity index (χ3v) is 2.08. The number of alkyl halides is 3. The Morgan fingerprint density at radius 3 is 1.71 bits per heavy atom. The molecule has 0 aliphatic heterocycles. The van der Waals surface area contributed by atoms with Crippen LogP contribution in [-0.2, 0) is 6.54 Å². The van der Waals surface area contributed by atoms with Crippen LogP contribution < -0.4 is 0 Å². The summed E-state index contributed by atoms with van der Waals surface area (Å²) < 4.78 is 36.4. The normalized spacial score (nSPS) is 12.1. The number of nitrogens with zero attached hydrogens (tertiary/aromatic N) is 1. The van der Waals surface area contributed by atoms with Crippen molar-refractivity contribution in [2.45, 2.75) is 26.6 Å². The van der Waals surface area contributed by atoms with Crippen molar-refractivity contribution in [1.29, 1.82) is 0 Å². The molecule has 1 rings (SSSR count). The third kappa shape index (κ3) is 1.78. The van der Waals surface area contributed by atoms with Crippen molar-refractivity contribution in [3.05, 3.63) is 11.1 Å². The van der Waals surface area contributed by atoms with Crippen molar-refractivity contribution in [2.24, 2.45) is 0 Å². The first kappa shape index (κ1) is 10.7. The van der Waals surface area contributed by atoms with Gasteiger partial charge >= 0.3 is 6.18 Å². The van der Waals surface area contributed by atoms with E-state index >= 15 is 0 Å². The van der Waals surface area contributed by atoms with Crippen LogP contribution in [0.3, 0.4) is 0 Å². The average molecular weight is 209 g/mol. The Bertz CT molecular complexity index is 329. The molecule has 0 aliphatic carbocycles. The van der Waals surface area contributed by atoms with Crippen LogP contribution >= 0.6 is 0 Å². The maximum Gasteiger partial charge on any atom is 0.406 e. The quantitative estimate of drug-likeness (QED) is 0.743. The molecule has 0 aliphatic rings. The van der Waals surface area contributed by atoms with Crippen molar-refractivity contribution < 1.29 is 23.4 Å². The zero-order chi connectivity index (χ0) is 11.1. The molecule has 2 N–H and O–H groups in total. The van der Waals surface area contributed by atoms with Gasteiger partial charge in [-0.25, -0.2) is 0 Å². The minimum Gasteiger partial charge on any atom is -0.494 e. The highest BCUT2D eigenvalue weighted by molar-refractivity contribution is 5.43. The van der Waals surface area contributed by atoms with E-state index in [4.69, 9.17) is 0 Å². The zero-order valence-corrected chi connectivity index (χ0v) is 7.68. The number of hydrogen-bond acceptors (Lipinski definition) is 2. The van der Waals surface area contributed by atoms with E-state index in [1.54, 1.807) is 0 Å². The second-order valence-electron chi connectivity index (χ2n) is 3.10. The van der Waals surface area contributed by atoms with Gasteiger partial charge in [-0.15, -0.1) is 0 Å². The number of hydrogen-bond donors (Lipinski definition) is 2. The summed E-state index contributed by atoms with van der Waals surface area (Å²) in [7, 11) is 0. The van der Waals surface area contributed by atoms with Gasteiger partial charge in [0.1, 0.15) is 6.54 Å². The number of aromatic hydroxyl groups is 2. The lowest BCUT2D eigenvalue weighted by molar-refractivity contribution is -0.142. The summed E-state index contributed by atoms with van der Waals surface area (Å²) in [4.78, 5) is 0. The van der Waals surface area contributed by atoms with E-state index in [0.29, 0.717) is 4.57 Å². The van der Waals surface area contributed by atoms with Gasteiger partial charge in [0.25, 0.3) is 0 Å². The average Bonchev–Trinajstić information content (AvgIpc) is 2.20. The Kier molecular flexibility index (Phi) is 2.39. The maximum absolute atomic E-state index is 12.0. The molecule has 1 aromatic rings. The summed E-state index contributed by atoms with van der Waals surface area (Å²) in [6.45, 7) is 1.49. The molecule has 0 atom stereocenters. The third-order valence-electron chi connectivity index (χ3n) is 2.08. The summed E-state index contributed by atoms with van der Waals surface area (Å²) in [5.74, 6) is -1.09. The van der Waals surface area contributed by atoms with E-state index in [9.17, 15) is 23.4 Å². The molecule has 3 nitrogen and oxygen atoms in total. The standard InChI is InChI=1S/C8H10F3NO2/c1-4-5(2)7(14)12(6(4)13)3-8(9,10)11/h13-14H,3H2,1-2H3. The van der Waals surface area contributed by atoms with Crippen LogP contribution in [0, 0.1) is 13.8 Å². The molecule has 0 fully saturated rings. The lowest BCUT2D eigenvalue weighted by Crippen LogP contribution is -2.17. The Morgan fingerprint density at radius 1 is 1.07 bits per heavy atom. The Morgan fingerprint density at radius 2 is 1.43 bits per heavy atom. The smallest absolute Gasteiger partial charge is 0.406 e. The first-order valence-corrected chi connectivity index (χ1v) is 3.88. The summed E-state index contributed by atoms with van der Waals surface area (Å²) >= 11 is 0. The van der Waals surface area contributed by atoms with Gasteiger partial charge in [0.2, 0.25) is 0 Å². The molecule has 1 heterocycles. The fraction of sp³-hybridized carbons (Fsp3) is 0.500. The van der Waals surface area contributed by atoms with Gasteiger partial charge in [0, 0.05) is 11.1 Å². The highest BCUT2D eigenvalue weighted by Crippen LogP contribution is 2.34. The highest BCUT2D eigenvalue weighted by Gasteiger charge is 2.31. The molecule has 0 spiro atoms. The van der Waals surface area contributed by atoms with E-state index in [0.717, 1.165) is 0 Å². The highest BCUT2D eigenvalue weighted by atomic mass is 19.4. The molecule has 6 heteroatoms. The lowest BCUT2D eigenvalue weighted by atomic mass is 10.2. The molecular weight excluding hydrogens is 199 g/mol. The van der Waals surface area contributed by atoms with Crippen molar-refractivity contribution in [3.8, 4) is 11.8 Å². The van der Waals surface area contributed by atoms with Crippen molar-refractivity contribution in [3.63, 3.8) is 0 Å². The van der Waals surface area contributed by atoms with E-state index in [1.807, 2.05) is 0 Å². The predicted molar refractivity (Wildman–Crippen MR) is 43.3 cm³/mol. The van der Waals surface area contributed by atoms with Crippen LogP contribution in [0.15, 0.2) is 0 Å². The largest absolute Gasteiger partial charge is 0.494 e. The molecule has 0 aromatic carbocycles. The Labute approximate surface area is 78.4 Å². The van der Waals surface area contributed by atoms with Crippen LogP contribution in [0.1, 0.15) is 11.1 Å². The SMILES string of the molecule is Cc1c(C)c(O)n(CC(F)(F)F)c1O. The molecule has 80 valence electrons. The zero-order valence-electron chi connectivity index (χ0n) is 7.68. The van der Waals surface area contributed by atoms with E-state index in [2.05, 4.69) is 0 Å². The Balaban J connectivity index is 3.16. The molecule has 0 bridgehead atoms. The molecule has 0 amide bonds. The van der Waals surface area contributed by atoms with Gasteiger partial charge in [-0.3, -0.25) is 4.57 Å². The number of rotatable bonds is 1. The predicted octanol–water partition coefficient (Wildman–Crippen LogP) is 2.08. The number of halogens is 3. The topological polar surface area (TPSA) is 45.4 Å². The summed E-state index contributed by atoms with van der Waals surface area (Å²) in [6.07, 6.45) is -4.47. The second kappa shape index (κ2) is 3.11. The van der Waals surface area contributed by atoms with E-state index in [1.165, 1.54) is 13.8 Å². The minimum atomic E-state index is -4.47. The van der Waals surface area contributed by atoms with Crippen molar-refractivity contribution in [2.75, 3.05) is 0 Å². The second-order valence-corrected chi connectivity index (χ2v) is 3.10. The summed E-state index contributed by atoms with van der Waals surface area (Å²) in [5.41, 5.74) is 0.513. The van der Waals surface area contributed by atoms with Gasteiger partial charge in [0.15, 0.2) is 11.8 Å². The molecule has 1 aromatic heterocycles. The van der Waals surface area contributed by atoms with E-state index < -0.39 is 24.5 Å². The summed E-state index contributed by atoms with van der Waals surface area (Å²) in [6, 6.07) is 0. The lowest BCUT2D eigenvalue weighted by Gasteiger charge is -2.09. The van der Waals surface area contributed by atoms with Crippen LogP contribution in [-0.4, -0.2) is 21.0 Å². The monoisotopic (exact) mass is 209 g/mol. The first-order chi connectivity index (χ1) is 6.24. The van der Waals surface area contributed by atoms with Gasteiger partial charge in [-0.05, 0) is 13.8 Å². The van der Waals surface area contributed by atoms with Gasteiger partial charge in [0.05, 0.1) is 0 Å². The van der Waals surface area contributed by atoms with Crippen LogP contribution in [0.5, 0.6) is 11.8 Å². The fourth-order valence-electron chi connectivity index (χ4n) is 1.17. The Hall–Kier alpha value is -1.33. The molecule has 0 saturated carbocycles. The number of aromatic nitrogens is 1. The molecule has 0 unspecified atom stereocenters. The molecule has 0 saturated heterocycles. The van der Waals surface area contributed by atoms with Crippen LogP contribution in [0.25, 0.3) is 0 Å². The molecule has 14 heavy (non-hydrogen) atoms. The van der Waals surface area contributed by atoms with Gasteiger partial charge in [-0.1, -0.05) is 0 Å². The van der Waals surface area contributed by atoms with Gasteiger partial charge in [-0.2, -0.15) is 13.2 Å². The van der Waals surface area contributed by atoms with Crippen molar-refractivity contribution >= 4 is 0 Å². The van der Waals surface area contributed by atoms with Gasteiger partial charge < -0.3 is 10.2 Å². The van der Waals surface area contributed by atoms with Crippen molar-refractivity contribution in [1.82, 2.24) is 4.57 Å². The fourth-order valence-corrected chi connectivity index (χ4v) is 1.17. The summed E-state index contributed by atoms with van der Waals surface area (Å²) in [5, 5.41) is 18.5. The maximum atomic E-state index is 12.0. The van der Waals surface area contributed by atoms with E-state index in [-0.39, 0.29) is 11.1 Å². The first-order valence-electron chi connectivity index (χ1n) is 3.88. The van der Waals surface area contributed by atoms with Crippen LogP contribution in [0.2, 0.25) is 0 Å². The molecule has 0 radical (unpaired) electrons. The molecular formula is C8H10F3NO2. The van der Waals surface area contributed by atoms with Crippen LogP contribution in [0.4, 0.5) is 13.2 Å². The minimum absolute atomic E-state index is 0.256.